The van der Waals surface area contributed by atoms with Crippen LogP contribution in [-0.2, 0) is 9.53 Å². The highest BCUT2D eigenvalue weighted by Crippen LogP contribution is 2.20. The van der Waals surface area contributed by atoms with Crippen LogP contribution in [0.4, 0.5) is 5.69 Å². The largest absolute Gasteiger partial charge is 0.380 e. The molecule has 1 atom stereocenters. The van der Waals surface area contributed by atoms with Crippen LogP contribution in [0.5, 0.6) is 0 Å². The maximum Gasteiger partial charge on any atom is 0.227 e. The normalized spacial score (nSPS) is 11.6. The zero-order valence-corrected chi connectivity index (χ0v) is 12.0. The van der Waals surface area contributed by atoms with Crippen LogP contribution in [0, 0.1) is 6.92 Å². The number of nitrogens with one attached hydrogen (secondary N) is 1. The first-order chi connectivity index (χ1) is 8.06. The number of carbonyl (C=O) groups excluding carboxylic acids is 1. The second-order valence-electron chi connectivity index (χ2n) is 3.80. The molecule has 4 nitrogen and oxygen atoms in total. The maximum atomic E-state index is 11.7. The Morgan fingerprint density at radius 2 is 2.22 bits per heavy atom. The molecule has 1 amide bonds. The highest BCUT2D eigenvalue weighted by atomic mass is 35.5. The van der Waals surface area contributed by atoms with E-state index in [2.05, 4.69) is 5.32 Å². The number of methoxy groups -OCH3 is 1. The van der Waals surface area contributed by atoms with E-state index in [1.54, 1.807) is 12.1 Å². The van der Waals surface area contributed by atoms with Gasteiger partial charge in [-0.3, -0.25) is 4.79 Å². The van der Waals surface area contributed by atoms with Crippen molar-refractivity contribution in [2.75, 3.05) is 19.0 Å². The summed E-state index contributed by atoms with van der Waals surface area (Å²) in [6.07, 6.45) is -0.0200. The lowest BCUT2D eigenvalue weighted by atomic mass is 10.2. The van der Waals surface area contributed by atoms with Gasteiger partial charge in [0.25, 0.3) is 0 Å². The van der Waals surface area contributed by atoms with Crippen molar-refractivity contribution in [3.63, 3.8) is 0 Å². The van der Waals surface area contributed by atoms with Crippen molar-refractivity contribution in [2.24, 2.45) is 5.73 Å². The SMILES string of the molecule is COC(CN)CC(=O)Nc1cc(Cl)ccc1C.Cl. The number of hydrogen-bond acceptors (Lipinski definition) is 3. The first kappa shape index (κ1) is 17.2. The molecule has 1 aromatic rings. The molecule has 0 saturated heterocycles. The van der Waals surface area contributed by atoms with Gasteiger partial charge in [-0.25, -0.2) is 0 Å². The molecule has 1 unspecified atom stereocenters. The molecule has 3 N–H and O–H groups in total. The van der Waals surface area contributed by atoms with Gasteiger partial charge in [0.05, 0.1) is 12.5 Å². The van der Waals surface area contributed by atoms with Crippen LogP contribution in [0.25, 0.3) is 0 Å². The Morgan fingerprint density at radius 3 is 2.78 bits per heavy atom. The number of amides is 1. The van der Waals surface area contributed by atoms with Crippen molar-refractivity contribution in [3.8, 4) is 0 Å². The van der Waals surface area contributed by atoms with E-state index in [1.807, 2.05) is 13.0 Å². The van der Waals surface area contributed by atoms with E-state index in [4.69, 9.17) is 22.1 Å². The zero-order valence-electron chi connectivity index (χ0n) is 10.4. The Hall–Kier alpha value is -0.810. The second-order valence-corrected chi connectivity index (χ2v) is 4.24. The molecular weight excluding hydrogens is 275 g/mol. The molecule has 0 heterocycles. The van der Waals surface area contributed by atoms with Crippen molar-refractivity contribution in [1.82, 2.24) is 0 Å². The Bertz CT molecular complexity index is 396. The summed E-state index contributed by atoms with van der Waals surface area (Å²) in [6.45, 7) is 2.22. The smallest absolute Gasteiger partial charge is 0.227 e. The van der Waals surface area contributed by atoms with E-state index in [9.17, 15) is 4.79 Å². The van der Waals surface area contributed by atoms with E-state index in [0.29, 0.717) is 11.6 Å². The third-order valence-electron chi connectivity index (χ3n) is 2.48. The van der Waals surface area contributed by atoms with E-state index >= 15 is 0 Å². The van der Waals surface area contributed by atoms with Gasteiger partial charge in [0.2, 0.25) is 5.91 Å². The predicted octanol–water partition coefficient (Wildman–Crippen LogP) is 2.37. The van der Waals surface area contributed by atoms with Gasteiger partial charge < -0.3 is 15.8 Å². The van der Waals surface area contributed by atoms with Gasteiger partial charge in [-0.2, -0.15) is 0 Å². The molecule has 102 valence electrons. The minimum Gasteiger partial charge on any atom is -0.380 e. The summed E-state index contributed by atoms with van der Waals surface area (Å²) < 4.78 is 5.05. The number of nitrogens with two attached hydrogens (primary N) is 1. The first-order valence-corrected chi connectivity index (χ1v) is 5.73. The molecule has 0 radical (unpaired) electrons. The summed E-state index contributed by atoms with van der Waals surface area (Å²) in [4.78, 5) is 11.7. The number of rotatable bonds is 5. The monoisotopic (exact) mass is 292 g/mol. The van der Waals surface area contributed by atoms with Crippen LogP contribution < -0.4 is 11.1 Å². The average molecular weight is 293 g/mol. The molecule has 1 aromatic carbocycles. The van der Waals surface area contributed by atoms with Crippen LogP contribution in [0.15, 0.2) is 18.2 Å². The van der Waals surface area contributed by atoms with E-state index < -0.39 is 0 Å². The van der Waals surface area contributed by atoms with Crippen molar-refractivity contribution >= 4 is 35.6 Å². The molecular formula is C12H18Cl2N2O2. The predicted molar refractivity (Wildman–Crippen MR) is 76.5 cm³/mol. The fourth-order valence-electron chi connectivity index (χ4n) is 1.40. The number of benzene rings is 1. The third-order valence-corrected chi connectivity index (χ3v) is 2.72. The topological polar surface area (TPSA) is 64.3 Å². The van der Waals surface area contributed by atoms with Crippen molar-refractivity contribution in [2.45, 2.75) is 19.4 Å². The second kappa shape index (κ2) is 8.32. The minimum absolute atomic E-state index is 0. The van der Waals surface area contributed by atoms with Gasteiger partial charge in [0.15, 0.2) is 0 Å². The van der Waals surface area contributed by atoms with Crippen LogP contribution >= 0.6 is 24.0 Å². The minimum atomic E-state index is -0.255. The third kappa shape index (κ3) is 5.23. The van der Waals surface area contributed by atoms with Crippen LogP contribution in [0.2, 0.25) is 5.02 Å². The lowest BCUT2D eigenvalue weighted by Gasteiger charge is -2.13. The number of hydrogen-bond donors (Lipinski definition) is 2. The highest BCUT2D eigenvalue weighted by molar-refractivity contribution is 6.31. The van der Waals surface area contributed by atoms with Gasteiger partial charge in [-0.15, -0.1) is 12.4 Å². The molecule has 0 aliphatic rings. The Balaban J connectivity index is 0.00000289. The molecule has 0 fully saturated rings. The van der Waals surface area contributed by atoms with Crippen molar-refractivity contribution < 1.29 is 9.53 Å². The molecule has 18 heavy (non-hydrogen) atoms. The zero-order chi connectivity index (χ0) is 12.8. The van der Waals surface area contributed by atoms with Gasteiger partial charge >= 0.3 is 0 Å². The van der Waals surface area contributed by atoms with Crippen molar-refractivity contribution in [1.29, 1.82) is 0 Å². The maximum absolute atomic E-state index is 11.7. The Labute approximate surface area is 118 Å². The van der Waals surface area contributed by atoms with Crippen LogP contribution in [-0.4, -0.2) is 25.7 Å². The van der Waals surface area contributed by atoms with Crippen molar-refractivity contribution in [3.05, 3.63) is 28.8 Å². The Morgan fingerprint density at radius 1 is 1.56 bits per heavy atom. The van der Waals surface area contributed by atoms with Crippen LogP contribution in [0.3, 0.4) is 0 Å². The fourth-order valence-corrected chi connectivity index (χ4v) is 1.57. The van der Waals surface area contributed by atoms with Crippen LogP contribution in [0.1, 0.15) is 12.0 Å². The van der Waals surface area contributed by atoms with Gasteiger partial charge in [0.1, 0.15) is 0 Å². The van der Waals surface area contributed by atoms with Gasteiger partial charge in [-0.1, -0.05) is 17.7 Å². The molecule has 1 rings (SSSR count). The molecule has 0 bridgehead atoms. The summed E-state index contributed by atoms with van der Waals surface area (Å²) in [5.41, 5.74) is 7.13. The number of anilines is 1. The first-order valence-electron chi connectivity index (χ1n) is 5.35. The van der Waals surface area contributed by atoms with Gasteiger partial charge in [0, 0.05) is 24.4 Å². The fraction of sp³-hybridized carbons (Fsp3) is 0.417. The number of aryl methyl sites for hydroxylation is 1. The van der Waals surface area contributed by atoms with E-state index in [-0.39, 0.29) is 30.8 Å². The van der Waals surface area contributed by atoms with E-state index in [0.717, 1.165) is 11.3 Å². The standard InChI is InChI=1S/C12H17ClN2O2.ClH/c1-8-3-4-9(13)5-11(8)15-12(16)6-10(7-14)17-2;/h3-5,10H,6-7,14H2,1-2H3,(H,15,16);1H. The van der Waals surface area contributed by atoms with Gasteiger partial charge in [-0.05, 0) is 24.6 Å². The van der Waals surface area contributed by atoms with E-state index in [1.165, 1.54) is 7.11 Å². The summed E-state index contributed by atoms with van der Waals surface area (Å²) >= 11 is 5.86. The lowest BCUT2D eigenvalue weighted by molar-refractivity contribution is -0.118. The summed E-state index contributed by atoms with van der Waals surface area (Å²) in [7, 11) is 1.54. The molecule has 0 aliphatic heterocycles. The Kier molecular flexibility index (Phi) is 7.95. The summed E-state index contributed by atoms with van der Waals surface area (Å²) in [5.74, 6) is -0.132. The number of halogens is 2. The lowest BCUT2D eigenvalue weighted by Crippen LogP contribution is -2.28. The molecule has 0 saturated carbocycles. The molecule has 6 heteroatoms. The summed E-state index contributed by atoms with van der Waals surface area (Å²) in [6, 6.07) is 5.36. The highest BCUT2D eigenvalue weighted by Gasteiger charge is 2.12. The molecule has 0 aliphatic carbocycles. The summed E-state index contributed by atoms with van der Waals surface area (Å²) in [5, 5.41) is 3.38. The average Bonchev–Trinajstić information content (AvgIpc) is 2.31. The number of ether oxygens (including phenoxy) is 1. The number of carbonyl (C=O) groups is 1. The molecule has 0 spiro atoms. The molecule has 0 aromatic heterocycles. The quantitative estimate of drug-likeness (QED) is 0.876.